The number of nitrogens with zero attached hydrogens (tertiary/aromatic N) is 2. The van der Waals surface area contributed by atoms with Crippen molar-refractivity contribution in [3.05, 3.63) is 41.3 Å². The van der Waals surface area contributed by atoms with E-state index in [0.29, 0.717) is 48.1 Å². The fourth-order valence-electron chi connectivity index (χ4n) is 3.12. The average molecular weight is 345 g/mol. The molecule has 7 heteroatoms. The second-order valence-electron chi connectivity index (χ2n) is 6.18. The minimum absolute atomic E-state index is 0.0163. The number of pyridine rings is 1. The van der Waals surface area contributed by atoms with Gasteiger partial charge in [0, 0.05) is 36.3 Å². The van der Waals surface area contributed by atoms with Gasteiger partial charge in [-0.05, 0) is 38.0 Å². The van der Waals surface area contributed by atoms with Gasteiger partial charge in [0.15, 0.2) is 0 Å². The first-order valence-electron chi connectivity index (χ1n) is 8.18. The number of piperidine rings is 1. The molecular weight excluding hydrogens is 325 g/mol. The fourth-order valence-corrected chi connectivity index (χ4v) is 3.12. The number of aromatic nitrogens is 1. The van der Waals surface area contributed by atoms with Gasteiger partial charge < -0.3 is 15.0 Å². The summed E-state index contributed by atoms with van der Waals surface area (Å²) in [5.41, 5.74) is 1.60. The van der Waals surface area contributed by atoms with Crippen LogP contribution in [0.4, 0.5) is 9.18 Å². The van der Waals surface area contributed by atoms with E-state index >= 15 is 0 Å². The van der Waals surface area contributed by atoms with Gasteiger partial charge >= 0.3 is 6.09 Å². The van der Waals surface area contributed by atoms with Crippen LogP contribution in [0.3, 0.4) is 0 Å². The lowest BCUT2D eigenvalue weighted by molar-refractivity contribution is 0.0893. The Bertz CT molecular complexity index is 811. The summed E-state index contributed by atoms with van der Waals surface area (Å²) in [7, 11) is 1.36. The molecule has 1 aliphatic heterocycles. The van der Waals surface area contributed by atoms with E-state index in [1.54, 1.807) is 24.0 Å². The minimum atomic E-state index is -0.382. The molecule has 1 aliphatic rings. The molecule has 2 amide bonds. The van der Waals surface area contributed by atoms with Crippen LogP contribution in [0.1, 0.15) is 28.9 Å². The van der Waals surface area contributed by atoms with Gasteiger partial charge in [0.25, 0.3) is 5.91 Å². The van der Waals surface area contributed by atoms with Crippen LogP contribution in [0.25, 0.3) is 10.9 Å². The number of hydrogen-bond acceptors (Lipinski definition) is 4. The SMILES string of the molecule is COC(=O)N1CCC(NC(=O)c2cc(C)nc3cc(F)ccc23)CC1. The number of halogens is 1. The van der Waals surface area contributed by atoms with E-state index in [1.807, 2.05) is 0 Å². The lowest BCUT2D eigenvalue weighted by Crippen LogP contribution is -2.46. The Kier molecular flexibility index (Phi) is 4.83. The largest absolute Gasteiger partial charge is 0.453 e. The zero-order chi connectivity index (χ0) is 18.0. The van der Waals surface area contributed by atoms with Gasteiger partial charge in [-0.25, -0.2) is 9.18 Å². The van der Waals surface area contributed by atoms with E-state index in [2.05, 4.69) is 10.3 Å². The van der Waals surface area contributed by atoms with E-state index < -0.39 is 0 Å². The van der Waals surface area contributed by atoms with Gasteiger partial charge in [0.2, 0.25) is 0 Å². The van der Waals surface area contributed by atoms with Gasteiger partial charge in [0.05, 0.1) is 18.2 Å². The number of rotatable bonds is 2. The molecule has 1 N–H and O–H groups in total. The maximum absolute atomic E-state index is 13.4. The first-order valence-corrected chi connectivity index (χ1v) is 8.18. The van der Waals surface area contributed by atoms with Crippen molar-refractivity contribution < 1.29 is 18.7 Å². The smallest absolute Gasteiger partial charge is 0.409 e. The maximum atomic E-state index is 13.4. The molecule has 1 aromatic heterocycles. The first-order chi connectivity index (χ1) is 12.0. The Hall–Kier alpha value is -2.70. The summed E-state index contributed by atoms with van der Waals surface area (Å²) in [4.78, 5) is 30.1. The Morgan fingerprint density at radius 1 is 1.28 bits per heavy atom. The van der Waals surface area contributed by atoms with Gasteiger partial charge in [-0.1, -0.05) is 0 Å². The van der Waals surface area contributed by atoms with Crippen LogP contribution in [0.2, 0.25) is 0 Å². The predicted octanol–water partition coefficient (Wildman–Crippen LogP) is 2.64. The van der Waals surface area contributed by atoms with Crippen molar-refractivity contribution in [2.45, 2.75) is 25.8 Å². The van der Waals surface area contributed by atoms with Crippen molar-refractivity contribution in [2.24, 2.45) is 0 Å². The molecule has 2 aromatic rings. The number of amides is 2. The van der Waals surface area contributed by atoms with Crippen LogP contribution in [0.15, 0.2) is 24.3 Å². The number of carbonyl (C=O) groups is 2. The Balaban J connectivity index is 1.74. The molecule has 0 bridgehead atoms. The Morgan fingerprint density at radius 2 is 2.00 bits per heavy atom. The molecule has 0 atom stereocenters. The maximum Gasteiger partial charge on any atom is 0.409 e. The topological polar surface area (TPSA) is 71.5 Å². The number of likely N-dealkylation sites (tertiary alicyclic amines) is 1. The summed E-state index contributed by atoms with van der Waals surface area (Å²) in [5.74, 6) is -0.592. The number of hydrogen-bond donors (Lipinski definition) is 1. The van der Waals surface area contributed by atoms with Crippen molar-refractivity contribution >= 4 is 22.9 Å². The van der Waals surface area contributed by atoms with Crippen LogP contribution in [0.5, 0.6) is 0 Å². The molecule has 0 radical (unpaired) electrons. The zero-order valence-electron chi connectivity index (χ0n) is 14.2. The summed E-state index contributed by atoms with van der Waals surface area (Å²) in [6.07, 6.45) is 0.983. The van der Waals surface area contributed by atoms with E-state index in [0.717, 1.165) is 0 Å². The summed E-state index contributed by atoms with van der Waals surface area (Å²) in [6.45, 7) is 2.86. The summed E-state index contributed by atoms with van der Waals surface area (Å²) in [5, 5.41) is 3.63. The molecule has 0 aliphatic carbocycles. The molecule has 1 fully saturated rings. The number of benzene rings is 1. The summed E-state index contributed by atoms with van der Waals surface area (Å²) < 4.78 is 18.1. The van der Waals surface area contributed by atoms with Gasteiger partial charge in [-0.3, -0.25) is 9.78 Å². The van der Waals surface area contributed by atoms with E-state index in [9.17, 15) is 14.0 Å². The van der Waals surface area contributed by atoms with Crippen LogP contribution < -0.4 is 5.32 Å². The molecular formula is C18H20FN3O3. The monoisotopic (exact) mass is 345 g/mol. The highest BCUT2D eigenvalue weighted by atomic mass is 19.1. The number of nitrogens with one attached hydrogen (secondary N) is 1. The highest BCUT2D eigenvalue weighted by molar-refractivity contribution is 6.06. The molecule has 3 rings (SSSR count). The van der Waals surface area contributed by atoms with Crippen LogP contribution >= 0.6 is 0 Å². The second-order valence-corrected chi connectivity index (χ2v) is 6.18. The Labute approximate surface area is 145 Å². The first kappa shape index (κ1) is 17.1. The van der Waals surface area contributed by atoms with Crippen LogP contribution in [-0.4, -0.2) is 48.1 Å². The van der Waals surface area contributed by atoms with Crippen LogP contribution in [-0.2, 0) is 4.74 Å². The molecule has 1 aromatic carbocycles. The molecule has 132 valence electrons. The lowest BCUT2D eigenvalue weighted by Gasteiger charge is -2.31. The molecule has 0 spiro atoms. The zero-order valence-corrected chi connectivity index (χ0v) is 14.2. The number of methoxy groups -OCH3 is 1. The number of ether oxygens (including phenoxy) is 1. The average Bonchev–Trinajstić information content (AvgIpc) is 2.60. The van der Waals surface area contributed by atoms with E-state index in [4.69, 9.17) is 4.74 Å². The quantitative estimate of drug-likeness (QED) is 0.908. The second kappa shape index (κ2) is 7.04. The normalized spacial score (nSPS) is 15.2. The lowest BCUT2D eigenvalue weighted by atomic mass is 10.0. The van der Waals surface area contributed by atoms with Gasteiger partial charge in [0.1, 0.15) is 5.82 Å². The van der Waals surface area contributed by atoms with Crippen molar-refractivity contribution in [2.75, 3.05) is 20.2 Å². The van der Waals surface area contributed by atoms with Crippen molar-refractivity contribution in [1.82, 2.24) is 15.2 Å². The number of carbonyl (C=O) groups excluding carboxylic acids is 2. The summed E-state index contributed by atoms with van der Waals surface area (Å²) in [6, 6.07) is 5.92. The highest BCUT2D eigenvalue weighted by Gasteiger charge is 2.25. The molecule has 2 heterocycles. The predicted molar refractivity (Wildman–Crippen MR) is 90.9 cm³/mol. The highest BCUT2D eigenvalue weighted by Crippen LogP contribution is 2.20. The summed E-state index contributed by atoms with van der Waals surface area (Å²) >= 11 is 0. The number of aryl methyl sites for hydroxylation is 1. The third-order valence-electron chi connectivity index (χ3n) is 4.41. The van der Waals surface area contributed by atoms with Crippen molar-refractivity contribution in [3.63, 3.8) is 0 Å². The molecule has 25 heavy (non-hydrogen) atoms. The van der Waals surface area contributed by atoms with E-state index in [1.165, 1.54) is 19.2 Å². The minimum Gasteiger partial charge on any atom is -0.453 e. The third kappa shape index (κ3) is 3.70. The van der Waals surface area contributed by atoms with E-state index in [-0.39, 0.29) is 23.9 Å². The molecule has 0 unspecified atom stereocenters. The molecule has 0 saturated carbocycles. The number of fused-ring (bicyclic) bond motifs is 1. The fraction of sp³-hybridized carbons (Fsp3) is 0.389. The van der Waals surface area contributed by atoms with Gasteiger partial charge in [-0.15, -0.1) is 0 Å². The van der Waals surface area contributed by atoms with Gasteiger partial charge in [-0.2, -0.15) is 0 Å². The molecule has 6 nitrogen and oxygen atoms in total. The Morgan fingerprint density at radius 3 is 2.68 bits per heavy atom. The molecule has 1 saturated heterocycles. The standard InChI is InChI=1S/C18H20FN3O3/c1-11-9-15(14-4-3-12(19)10-16(14)20-11)17(23)21-13-5-7-22(8-6-13)18(24)25-2/h3-4,9-10,13H,5-8H2,1-2H3,(H,21,23). The van der Waals surface area contributed by atoms with Crippen molar-refractivity contribution in [1.29, 1.82) is 0 Å². The third-order valence-corrected chi connectivity index (χ3v) is 4.41. The van der Waals surface area contributed by atoms with Crippen molar-refractivity contribution in [3.8, 4) is 0 Å². The van der Waals surface area contributed by atoms with Crippen LogP contribution in [0, 0.1) is 12.7 Å².